The zero-order chi connectivity index (χ0) is 10.4. The molecular weight excluding hydrogens is 176 g/mol. The molecule has 0 spiro atoms. The molecule has 3 nitrogen and oxygen atoms in total. The Hall–Kier alpha value is -0.410. The first-order valence-electron chi connectivity index (χ1n) is 5.50. The van der Waals surface area contributed by atoms with E-state index in [1.54, 1.807) is 0 Å². The Bertz CT molecular complexity index is 174. The van der Waals surface area contributed by atoms with E-state index in [9.17, 15) is 0 Å². The van der Waals surface area contributed by atoms with Gasteiger partial charge in [0, 0.05) is 38.6 Å². The molecule has 3 heteroatoms. The minimum absolute atomic E-state index is 0.406. The SMILES string of the molecule is CN=CC(NC1CCOCC1)C(C)C. The van der Waals surface area contributed by atoms with Gasteiger partial charge in [-0.25, -0.2) is 0 Å². The molecule has 1 saturated heterocycles. The summed E-state index contributed by atoms with van der Waals surface area (Å²) in [6.45, 7) is 6.23. The van der Waals surface area contributed by atoms with Gasteiger partial charge in [-0.05, 0) is 18.8 Å². The fourth-order valence-corrected chi connectivity index (χ4v) is 1.70. The molecule has 0 aliphatic carbocycles. The van der Waals surface area contributed by atoms with Gasteiger partial charge >= 0.3 is 0 Å². The molecule has 1 fully saturated rings. The first-order valence-corrected chi connectivity index (χ1v) is 5.50. The van der Waals surface area contributed by atoms with Crippen molar-refractivity contribution in [2.24, 2.45) is 10.9 Å². The van der Waals surface area contributed by atoms with E-state index < -0.39 is 0 Å². The summed E-state index contributed by atoms with van der Waals surface area (Å²) in [5, 5.41) is 3.63. The second-order valence-electron chi connectivity index (χ2n) is 4.23. The lowest BCUT2D eigenvalue weighted by molar-refractivity contribution is 0.0757. The van der Waals surface area contributed by atoms with Crippen LogP contribution in [0.3, 0.4) is 0 Å². The number of hydrogen-bond acceptors (Lipinski definition) is 3. The number of aliphatic imine (C=N–C) groups is 1. The average molecular weight is 198 g/mol. The Labute approximate surface area is 86.9 Å². The summed E-state index contributed by atoms with van der Waals surface area (Å²) in [5.74, 6) is 0.599. The van der Waals surface area contributed by atoms with Gasteiger partial charge < -0.3 is 10.1 Å². The van der Waals surface area contributed by atoms with E-state index in [0.717, 1.165) is 26.1 Å². The number of nitrogens with one attached hydrogen (secondary N) is 1. The lowest BCUT2D eigenvalue weighted by Gasteiger charge is -2.28. The lowest BCUT2D eigenvalue weighted by atomic mass is 10.0. The van der Waals surface area contributed by atoms with E-state index in [0.29, 0.717) is 18.0 Å². The Morgan fingerprint density at radius 3 is 2.50 bits per heavy atom. The largest absolute Gasteiger partial charge is 0.381 e. The summed E-state index contributed by atoms with van der Waals surface area (Å²) in [5.41, 5.74) is 0. The van der Waals surface area contributed by atoms with Gasteiger partial charge in [-0.2, -0.15) is 0 Å². The summed E-state index contributed by atoms with van der Waals surface area (Å²) in [4.78, 5) is 4.10. The van der Waals surface area contributed by atoms with Gasteiger partial charge in [0.15, 0.2) is 0 Å². The van der Waals surface area contributed by atoms with Crippen molar-refractivity contribution in [3.8, 4) is 0 Å². The minimum Gasteiger partial charge on any atom is -0.381 e. The molecule has 14 heavy (non-hydrogen) atoms. The van der Waals surface area contributed by atoms with Crippen LogP contribution >= 0.6 is 0 Å². The summed E-state index contributed by atoms with van der Waals surface area (Å²) < 4.78 is 5.33. The zero-order valence-corrected chi connectivity index (χ0v) is 9.49. The molecule has 1 aliphatic heterocycles. The quantitative estimate of drug-likeness (QED) is 0.694. The van der Waals surface area contributed by atoms with Crippen molar-refractivity contribution in [3.05, 3.63) is 0 Å². The highest BCUT2D eigenvalue weighted by molar-refractivity contribution is 5.64. The van der Waals surface area contributed by atoms with E-state index in [2.05, 4.69) is 24.2 Å². The van der Waals surface area contributed by atoms with E-state index >= 15 is 0 Å². The van der Waals surface area contributed by atoms with Crippen molar-refractivity contribution in [2.45, 2.75) is 38.8 Å². The van der Waals surface area contributed by atoms with Gasteiger partial charge in [-0.15, -0.1) is 0 Å². The smallest absolute Gasteiger partial charge is 0.0480 e. The van der Waals surface area contributed by atoms with Crippen LogP contribution in [0.4, 0.5) is 0 Å². The Morgan fingerprint density at radius 2 is 2.00 bits per heavy atom. The van der Waals surface area contributed by atoms with Crippen LogP contribution in [0.5, 0.6) is 0 Å². The number of hydrogen-bond donors (Lipinski definition) is 1. The maximum atomic E-state index is 5.33. The van der Waals surface area contributed by atoms with Crippen molar-refractivity contribution in [1.82, 2.24) is 5.32 Å². The predicted octanol–water partition coefficient (Wildman–Crippen LogP) is 1.48. The van der Waals surface area contributed by atoms with Crippen molar-refractivity contribution in [2.75, 3.05) is 20.3 Å². The van der Waals surface area contributed by atoms with Crippen LogP contribution in [0.15, 0.2) is 4.99 Å². The van der Waals surface area contributed by atoms with Crippen LogP contribution in [-0.2, 0) is 4.74 Å². The molecule has 1 aliphatic rings. The maximum absolute atomic E-state index is 5.33. The van der Waals surface area contributed by atoms with E-state index in [1.807, 2.05) is 13.3 Å². The van der Waals surface area contributed by atoms with E-state index in [1.165, 1.54) is 0 Å². The van der Waals surface area contributed by atoms with Crippen molar-refractivity contribution in [3.63, 3.8) is 0 Å². The van der Waals surface area contributed by atoms with Crippen LogP contribution < -0.4 is 5.32 Å². The third kappa shape index (κ3) is 3.76. The molecule has 0 bridgehead atoms. The third-order valence-electron chi connectivity index (χ3n) is 2.68. The third-order valence-corrected chi connectivity index (χ3v) is 2.68. The molecule has 1 atom stereocenters. The first-order chi connectivity index (χ1) is 6.74. The summed E-state index contributed by atoms with van der Waals surface area (Å²) in [6, 6.07) is 1.01. The van der Waals surface area contributed by atoms with Crippen LogP contribution in [0.25, 0.3) is 0 Å². The average Bonchev–Trinajstić information content (AvgIpc) is 2.18. The molecule has 1 N–H and O–H groups in total. The molecular formula is C11H22N2O. The first kappa shape index (κ1) is 11.7. The van der Waals surface area contributed by atoms with E-state index in [-0.39, 0.29) is 0 Å². The molecule has 1 rings (SSSR count). The van der Waals surface area contributed by atoms with Crippen LogP contribution in [0.2, 0.25) is 0 Å². The molecule has 0 radical (unpaired) electrons. The van der Waals surface area contributed by atoms with Crippen LogP contribution in [-0.4, -0.2) is 38.6 Å². The number of nitrogens with zero attached hydrogens (tertiary/aromatic N) is 1. The van der Waals surface area contributed by atoms with Crippen molar-refractivity contribution in [1.29, 1.82) is 0 Å². The lowest BCUT2D eigenvalue weighted by Crippen LogP contribution is -2.45. The second-order valence-corrected chi connectivity index (χ2v) is 4.23. The second kappa shape index (κ2) is 6.14. The topological polar surface area (TPSA) is 33.6 Å². The monoisotopic (exact) mass is 198 g/mol. The fourth-order valence-electron chi connectivity index (χ4n) is 1.70. The predicted molar refractivity (Wildman–Crippen MR) is 60.0 cm³/mol. The highest BCUT2D eigenvalue weighted by Gasteiger charge is 2.18. The molecule has 0 aromatic rings. The standard InChI is InChI=1S/C11H22N2O/c1-9(2)11(8-12-3)13-10-4-6-14-7-5-10/h8-11,13H,4-7H2,1-3H3. The van der Waals surface area contributed by atoms with Crippen LogP contribution in [0, 0.1) is 5.92 Å². The molecule has 0 aromatic carbocycles. The highest BCUT2D eigenvalue weighted by Crippen LogP contribution is 2.09. The minimum atomic E-state index is 0.406. The normalized spacial score (nSPS) is 22.0. The molecule has 0 aromatic heterocycles. The highest BCUT2D eigenvalue weighted by atomic mass is 16.5. The molecule has 1 heterocycles. The maximum Gasteiger partial charge on any atom is 0.0480 e. The molecule has 0 amide bonds. The van der Waals surface area contributed by atoms with Gasteiger partial charge in [0.1, 0.15) is 0 Å². The number of rotatable bonds is 4. The van der Waals surface area contributed by atoms with Gasteiger partial charge in [0.25, 0.3) is 0 Å². The van der Waals surface area contributed by atoms with Crippen LogP contribution in [0.1, 0.15) is 26.7 Å². The Kier molecular flexibility index (Phi) is 5.12. The van der Waals surface area contributed by atoms with Crippen molar-refractivity contribution < 1.29 is 4.74 Å². The summed E-state index contributed by atoms with van der Waals surface area (Å²) in [6.07, 6.45) is 4.27. The Balaban J connectivity index is 2.37. The molecule has 0 saturated carbocycles. The summed E-state index contributed by atoms with van der Waals surface area (Å²) in [7, 11) is 1.83. The fraction of sp³-hybridized carbons (Fsp3) is 0.909. The number of ether oxygens (including phenoxy) is 1. The van der Waals surface area contributed by atoms with Crippen molar-refractivity contribution >= 4 is 6.21 Å². The van der Waals surface area contributed by atoms with Gasteiger partial charge in [0.2, 0.25) is 0 Å². The van der Waals surface area contributed by atoms with Gasteiger partial charge in [0.05, 0.1) is 0 Å². The molecule has 1 unspecified atom stereocenters. The summed E-state index contributed by atoms with van der Waals surface area (Å²) >= 11 is 0. The van der Waals surface area contributed by atoms with Gasteiger partial charge in [-0.1, -0.05) is 13.8 Å². The molecule has 82 valence electrons. The zero-order valence-electron chi connectivity index (χ0n) is 9.49. The Morgan fingerprint density at radius 1 is 1.36 bits per heavy atom. The van der Waals surface area contributed by atoms with Gasteiger partial charge in [-0.3, -0.25) is 4.99 Å². The van der Waals surface area contributed by atoms with E-state index in [4.69, 9.17) is 4.74 Å².